The van der Waals surface area contributed by atoms with E-state index < -0.39 is 0 Å². The fourth-order valence-corrected chi connectivity index (χ4v) is 4.04. The Balaban J connectivity index is 1.57. The van der Waals surface area contributed by atoms with Gasteiger partial charge >= 0.3 is 0 Å². The molecule has 0 radical (unpaired) electrons. The van der Waals surface area contributed by atoms with Gasteiger partial charge in [-0.2, -0.15) is 0 Å². The summed E-state index contributed by atoms with van der Waals surface area (Å²) in [5.41, 5.74) is 5.10. The van der Waals surface area contributed by atoms with Gasteiger partial charge in [0, 0.05) is 34.1 Å². The van der Waals surface area contributed by atoms with Gasteiger partial charge in [-0.3, -0.25) is 4.98 Å². The van der Waals surface area contributed by atoms with Crippen LogP contribution in [0.15, 0.2) is 54.6 Å². The van der Waals surface area contributed by atoms with Gasteiger partial charge in [0.15, 0.2) is 12.6 Å². The number of benzene rings is 2. The van der Waals surface area contributed by atoms with Crippen molar-refractivity contribution in [1.82, 2.24) is 9.55 Å². The Morgan fingerprint density at radius 1 is 1.07 bits per heavy atom. The second-order valence-electron chi connectivity index (χ2n) is 7.28. The summed E-state index contributed by atoms with van der Waals surface area (Å²) < 4.78 is 27.4. The molecule has 5 rings (SSSR count). The van der Waals surface area contributed by atoms with Crippen LogP contribution in [0.25, 0.3) is 21.8 Å². The molecule has 0 unspecified atom stereocenters. The van der Waals surface area contributed by atoms with Crippen LogP contribution in [-0.2, 0) is 22.4 Å². The van der Waals surface area contributed by atoms with Crippen LogP contribution in [-0.4, -0.2) is 22.1 Å². The zero-order valence-corrected chi connectivity index (χ0v) is 15.9. The van der Waals surface area contributed by atoms with Crippen molar-refractivity contribution in [2.24, 2.45) is 0 Å². The largest absolute Gasteiger partial charge is 0.339 e. The van der Waals surface area contributed by atoms with Crippen molar-refractivity contribution in [2.45, 2.75) is 39.4 Å². The molecule has 1 aliphatic heterocycles. The predicted molar refractivity (Wildman–Crippen MR) is 107 cm³/mol. The molecule has 3 heterocycles. The monoisotopic (exact) mass is 376 g/mol. The topological polar surface area (TPSA) is 36.3 Å². The van der Waals surface area contributed by atoms with Gasteiger partial charge in [-0.25, -0.2) is 4.39 Å². The fraction of sp³-hybridized carbons (Fsp3) is 0.261. The predicted octanol–water partition coefficient (Wildman–Crippen LogP) is 4.95. The van der Waals surface area contributed by atoms with Crippen LogP contribution in [0.2, 0.25) is 0 Å². The van der Waals surface area contributed by atoms with Crippen molar-refractivity contribution in [3.05, 3.63) is 77.4 Å². The summed E-state index contributed by atoms with van der Waals surface area (Å²) in [7, 11) is 0. The lowest BCUT2D eigenvalue weighted by Gasteiger charge is -2.34. The Hall–Kier alpha value is -2.76. The van der Waals surface area contributed by atoms with E-state index in [-0.39, 0.29) is 18.4 Å². The molecule has 142 valence electrons. The van der Waals surface area contributed by atoms with Crippen LogP contribution in [0.4, 0.5) is 4.39 Å². The van der Waals surface area contributed by atoms with Gasteiger partial charge in [-0.05, 0) is 49.7 Å². The van der Waals surface area contributed by atoms with Crippen LogP contribution in [0.5, 0.6) is 0 Å². The van der Waals surface area contributed by atoms with Crippen molar-refractivity contribution in [1.29, 1.82) is 0 Å². The zero-order valence-electron chi connectivity index (χ0n) is 15.9. The number of fused-ring (bicyclic) bond motifs is 2. The maximum absolute atomic E-state index is 14.0. The maximum Gasteiger partial charge on any atom is 0.181 e. The van der Waals surface area contributed by atoms with Crippen LogP contribution < -0.4 is 0 Å². The summed E-state index contributed by atoms with van der Waals surface area (Å²) in [4.78, 5) is 4.80. The molecule has 0 amide bonds. The van der Waals surface area contributed by atoms with Crippen molar-refractivity contribution in [2.75, 3.05) is 0 Å². The summed E-state index contributed by atoms with van der Waals surface area (Å²) >= 11 is 0. The minimum absolute atomic E-state index is 0.161. The van der Waals surface area contributed by atoms with E-state index in [0.29, 0.717) is 13.0 Å². The van der Waals surface area contributed by atoms with E-state index in [1.165, 1.54) is 6.07 Å². The number of hydrogen-bond donors (Lipinski definition) is 0. The molecule has 1 fully saturated rings. The highest BCUT2D eigenvalue weighted by atomic mass is 19.1. The molecule has 1 aliphatic rings. The van der Waals surface area contributed by atoms with Crippen LogP contribution in [0.1, 0.15) is 23.9 Å². The smallest absolute Gasteiger partial charge is 0.181 e. The molecule has 0 spiro atoms. The van der Waals surface area contributed by atoms with Gasteiger partial charge in [0.1, 0.15) is 5.82 Å². The minimum Gasteiger partial charge on any atom is -0.339 e. The molecule has 0 aliphatic carbocycles. The number of hydrogen-bond acceptors (Lipinski definition) is 3. The summed E-state index contributed by atoms with van der Waals surface area (Å²) in [6, 6.07) is 17.1. The Morgan fingerprint density at radius 3 is 2.71 bits per heavy atom. The molecule has 2 aromatic heterocycles. The number of halogens is 1. The average molecular weight is 376 g/mol. The third kappa shape index (κ3) is 2.97. The second kappa shape index (κ2) is 6.69. The summed E-state index contributed by atoms with van der Waals surface area (Å²) in [6.07, 6.45) is 0.221. The van der Waals surface area contributed by atoms with Crippen LogP contribution in [0.3, 0.4) is 0 Å². The molecule has 1 saturated heterocycles. The van der Waals surface area contributed by atoms with Gasteiger partial charge in [-0.1, -0.05) is 24.3 Å². The molecule has 2 aromatic carbocycles. The first kappa shape index (κ1) is 17.3. The standard InChI is InChI=1S/C23H21FN2O2/c1-14-19(12-18-9-7-16-5-3-4-6-21(16)25-18)20-11-17(24)8-10-22(20)26(14)13-23-27-15(2)28-23/h3-11,15,23H,12-13H2,1-2H3. The summed E-state index contributed by atoms with van der Waals surface area (Å²) in [5.74, 6) is -0.234. The molecule has 5 heteroatoms. The van der Waals surface area contributed by atoms with Crippen molar-refractivity contribution in [3.8, 4) is 0 Å². The maximum atomic E-state index is 14.0. The average Bonchev–Trinajstić information content (AvgIpc) is 2.92. The van der Waals surface area contributed by atoms with Gasteiger partial charge < -0.3 is 14.0 Å². The van der Waals surface area contributed by atoms with E-state index in [1.807, 2.05) is 37.3 Å². The lowest BCUT2D eigenvalue weighted by molar-refractivity contribution is -0.379. The van der Waals surface area contributed by atoms with Crippen LogP contribution >= 0.6 is 0 Å². The molecule has 0 bridgehead atoms. The molecule has 4 nitrogen and oxygen atoms in total. The Morgan fingerprint density at radius 2 is 1.89 bits per heavy atom. The van der Waals surface area contributed by atoms with E-state index in [0.717, 1.165) is 38.8 Å². The quantitative estimate of drug-likeness (QED) is 0.506. The lowest BCUT2D eigenvalue weighted by atomic mass is 10.0. The van der Waals surface area contributed by atoms with Crippen molar-refractivity contribution < 1.29 is 13.9 Å². The number of nitrogens with zero attached hydrogens (tertiary/aromatic N) is 2. The highest BCUT2D eigenvalue weighted by molar-refractivity contribution is 5.86. The molecule has 0 N–H and O–H groups in total. The zero-order chi connectivity index (χ0) is 19.3. The number of rotatable bonds is 4. The minimum atomic E-state index is -0.263. The number of aromatic nitrogens is 2. The van der Waals surface area contributed by atoms with E-state index >= 15 is 0 Å². The fourth-order valence-electron chi connectivity index (χ4n) is 4.04. The molecular formula is C23H21FN2O2. The third-order valence-electron chi connectivity index (χ3n) is 5.45. The molecule has 0 saturated carbocycles. The van der Waals surface area contributed by atoms with Crippen molar-refractivity contribution >= 4 is 21.8 Å². The van der Waals surface area contributed by atoms with E-state index in [4.69, 9.17) is 14.5 Å². The first-order valence-corrected chi connectivity index (χ1v) is 9.51. The number of pyridine rings is 1. The van der Waals surface area contributed by atoms with Crippen LogP contribution in [0, 0.1) is 12.7 Å². The lowest BCUT2D eigenvalue weighted by Crippen LogP contribution is -2.41. The highest BCUT2D eigenvalue weighted by Crippen LogP contribution is 2.31. The second-order valence-corrected chi connectivity index (χ2v) is 7.28. The third-order valence-corrected chi connectivity index (χ3v) is 5.45. The summed E-state index contributed by atoms with van der Waals surface area (Å²) in [6.45, 7) is 4.53. The van der Waals surface area contributed by atoms with Crippen molar-refractivity contribution in [3.63, 3.8) is 0 Å². The van der Waals surface area contributed by atoms with E-state index in [2.05, 4.69) is 23.6 Å². The first-order chi connectivity index (χ1) is 13.6. The first-order valence-electron chi connectivity index (χ1n) is 9.51. The molecular weight excluding hydrogens is 355 g/mol. The Kier molecular flexibility index (Phi) is 4.14. The molecule has 28 heavy (non-hydrogen) atoms. The Bertz CT molecular complexity index is 1180. The molecule has 4 aromatic rings. The highest BCUT2D eigenvalue weighted by Gasteiger charge is 2.28. The van der Waals surface area contributed by atoms with E-state index in [1.54, 1.807) is 6.07 Å². The Labute approximate surface area is 162 Å². The van der Waals surface area contributed by atoms with Gasteiger partial charge in [0.25, 0.3) is 0 Å². The SMILES string of the molecule is Cc1c(Cc2ccc3ccccc3n2)c2cc(F)ccc2n1CC1OC(C)O1. The van der Waals surface area contributed by atoms with E-state index in [9.17, 15) is 4.39 Å². The summed E-state index contributed by atoms with van der Waals surface area (Å²) in [5, 5.41) is 2.03. The van der Waals surface area contributed by atoms with Gasteiger partial charge in [0.05, 0.1) is 12.1 Å². The number of ether oxygens (including phenoxy) is 2. The van der Waals surface area contributed by atoms with Gasteiger partial charge in [0.2, 0.25) is 0 Å². The normalized spacial score (nSPS) is 19.2. The van der Waals surface area contributed by atoms with Gasteiger partial charge in [-0.15, -0.1) is 0 Å². The number of para-hydroxylation sites is 1. The molecule has 0 atom stereocenters.